The second-order valence-electron chi connectivity index (χ2n) is 3.58. The maximum absolute atomic E-state index is 12.6. The number of hydrogen-bond acceptors (Lipinski definition) is 2. The van der Waals surface area contributed by atoms with E-state index in [0.717, 1.165) is 0 Å². The van der Waals surface area contributed by atoms with E-state index in [2.05, 4.69) is 0 Å². The second kappa shape index (κ2) is 3.56. The Morgan fingerprint density at radius 1 is 1.20 bits per heavy atom. The van der Waals surface area contributed by atoms with Crippen molar-refractivity contribution < 1.29 is 17.2 Å². The maximum atomic E-state index is 12.6. The number of sulfone groups is 1. The molecule has 0 amide bonds. The van der Waals surface area contributed by atoms with Crippen LogP contribution in [-0.4, -0.2) is 13.7 Å². The van der Waals surface area contributed by atoms with Crippen LogP contribution >= 0.6 is 0 Å². The van der Waals surface area contributed by atoms with Gasteiger partial charge >= 0.3 is 0 Å². The Kier molecular flexibility index (Phi) is 2.50. The summed E-state index contributed by atoms with van der Waals surface area (Å²) in [4.78, 5) is -0.206. The van der Waals surface area contributed by atoms with Crippen LogP contribution in [0.25, 0.3) is 0 Å². The van der Waals surface area contributed by atoms with Gasteiger partial charge in [-0.1, -0.05) is 18.2 Å². The summed E-state index contributed by atoms with van der Waals surface area (Å²) in [5.41, 5.74) is -0.385. The summed E-state index contributed by atoms with van der Waals surface area (Å²) in [5.74, 6) is 0. The van der Waals surface area contributed by atoms with E-state index in [4.69, 9.17) is 0 Å². The molecule has 2 rings (SSSR count). The Hall–Kier alpha value is -0.970. The molecule has 0 atom stereocenters. The third-order valence-corrected chi connectivity index (χ3v) is 4.76. The molecule has 0 radical (unpaired) electrons. The molecule has 0 aromatic heterocycles. The number of hydrogen-bond donors (Lipinski definition) is 0. The van der Waals surface area contributed by atoms with Crippen molar-refractivity contribution in [2.45, 2.75) is 29.4 Å². The molecule has 1 saturated carbocycles. The molecule has 0 spiro atoms. The highest BCUT2D eigenvalue weighted by Gasteiger charge is 2.38. The molecule has 0 aliphatic heterocycles. The van der Waals surface area contributed by atoms with Gasteiger partial charge in [0.05, 0.1) is 10.1 Å². The van der Waals surface area contributed by atoms with Crippen LogP contribution in [0.15, 0.2) is 29.2 Å². The Bertz CT molecular complexity index is 464. The molecule has 1 fully saturated rings. The lowest BCUT2D eigenvalue weighted by Crippen LogP contribution is -2.10. The lowest BCUT2D eigenvalue weighted by atomic mass is 10.2. The van der Waals surface area contributed by atoms with Crippen LogP contribution in [0.5, 0.6) is 0 Å². The summed E-state index contributed by atoms with van der Waals surface area (Å²) in [6.45, 7) is 0. The number of halogens is 2. The first-order chi connectivity index (χ1) is 7.03. The normalized spacial score (nSPS) is 17.0. The van der Waals surface area contributed by atoms with Crippen LogP contribution in [-0.2, 0) is 9.84 Å². The van der Waals surface area contributed by atoms with E-state index in [1.165, 1.54) is 24.3 Å². The van der Waals surface area contributed by atoms with E-state index < -0.39 is 21.5 Å². The lowest BCUT2D eigenvalue weighted by Gasteiger charge is -2.08. The summed E-state index contributed by atoms with van der Waals surface area (Å²) in [5, 5.41) is -0.447. The van der Waals surface area contributed by atoms with Gasteiger partial charge in [0.1, 0.15) is 0 Å². The fraction of sp³-hybridized carbons (Fsp3) is 0.400. The number of benzene rings is 1. The highest BCUT2D eigenvalue weighted by molar-refractivity contribution is 7.92. The molecular weight excluding hydrogens is 222 g/mol. The fourth-order valence-corrected chi connectivity index (χ4v) is 3.35. The molecule has 0 unspecified atom stereocenters. The summed E-state index contributed by atoms with van der Waals surface area (Å²) in [7, 11) is -3.52. The summed E-state index contributed by atoms with van der Waals surface area (Å²) in [6.07, 6.45) is -1.57. The lowest BCUT2D eigenvalue weighted by molar-refractivity contribution is 0.148. The van der Waals surface area contributed by atoms with E-state index in [1.807, 2.05) is 0 Å². The smallest absolute Gasteiger partial charge is 0.223 e. The summed E-state index contributed by atoms with van der Waals surface area (Å²) >= 11 is 0. The fourth-order valence-electron chi connectivity index (χ4n) is 1.48. The molecule has 5 heteroatoms. The third-order valence-electron chi connectivity index (χ3n) is 2.42. The molecule has 1 aliphatic carbocycles. The van der Waals surface area contributed by atoms with E-state index in [0.29, 0.717) is 12.8 Å². The van der Waals surface area contributed by atoms with Gasteiger partial charge in [-0.25, -0.2) is 17.2 Å². The van der Waals surface area contributed by atoms with Gasteiger partial charge in [0, 0.05) is 5.56 Å². The van der Waals surface area contributed by atoms with Gasteiger partial charge < -0.3 is 0 Å². The van der Waals surface area contributed by atoms with Crippen molar-refractivity contribution in [3.8, 4) is 0 Å². The van der Waals surface area contributed by atoms with Crippen molar-refractivity contribution in [1.82, 2.24) is 0 Å². The largest absolute Gasteiger partial charge is 0.265 e. The highest BCUT2D eigenvalue weighted by atomic mass is 32.2. The minimum Gasteiger partial charge on any atom is -0.223 e. The Morgan fingerprint density at radius 2 is 1.80 bits per heavy atom. The summed E-state index contributed by atoms with van der Waals surface area (Å²) in [6, 6.07) is 5.32. The quantitative estimate of drug-likeness (QED) is 0.802. The standard InChI is InChI=1S/C10H10F2O2S/c11-10(12)8-3-1-2-4-9(8)15(13,14)7-5-6-7/h1-4,7,10H,5-6H2. The minimum atomic E-state index is -3.52. The average molecular weight is 232 g/mol. The van der Waals surface area contributed by atoms with Crippen molar-refractivity contribution in [3.63, 3.8) is 0 Å². The van der Waals surface area contributed by atoms with E-state index >= 15 is 0 Å². The van der Waals surface area contributed by atoms with Crippen molar-refractivity contribution in [3.05, 3.63) is 29.8 Å². The van der Waals surface area contributed by atoms with Crippen LogP contribution in [0.4, 0.5) is 8.78 Å². The first-order valence-corrected chi connectivity index (χ1v) is 6.19. The van der Waals surface area contributed by atoms with Gasteiger partial charge in [-0.2, -0.15) is 0 Å². The molecule has 1 aliphatic rings. The number of rotatable bonds is 3. The van der Waals surface area contributed by atoms with Gasteiger partial charge in [-0.15, -0.1) is 0 Å². The van der Waals surface area contributed by atoms with E-state index in [1.54, 1.807) is 0 Å². The zero-order valence-corrected chi connectivity index (χ0v) is 8.68. The molecular formula is C10H10F2O2S. The van der Waals surface area contributed by atoms with Gasteiger partial charge in [-0.3, -0.25) is 0 Å². The van der Waals surface area contributed by atoms with Crippen molar-refractivity contribution in [1.29, 1.82) is 0 Å². The molecule has 0 N–H and O–H groups in total. The molecule has 0 saturated heterocycles. The van der Waals surface area contributed by atoms with Crippen LogP contribution in [0.3, 0.4) is 0 Å². The minimum absolute atomic E-state index is 0.206. The number of alkyl halides is 2. The first kappa shape index (κ1) is 10.5. The molecule has 0 bridgehead atoms. The predicted octanol–water partition coefficient (Wildman–Crippen LogP) is 2.56. The van der Waals surface area contributed by atoms with Crippen molar-refractivity contribution >= 4 is 9.84 Å². The van der Waals surface area contributed by atoms with Gasteiger partial charge in [0.25, 0.3) is 6.43 Å². The molecule has 82 valence electrons. The second-order valence-corrected chi connectivity index (χ2v) is 5.78. The molecule has 2 nitrogen and oxygen atoms in total. The van der Waals surface area contributed by atoms with Crippen molar-refractivity contribution in [2.75, 3.05) is 0 Å². The molecule has 15 heavy (non-hydrogen) atoms. The van der Waals surface area contributed by atoms with Crippen LogP contribution in [0.2, 0.25) is 0 Å². The maximum Gasteiger partial charge on any atom is 0.265 e. The molecule has 0 heterocycles. The zero-order valence-electron chi connectivity index (χ0n) is 7.86. The monoisotopic (exact) mass is 232 g/mol. The van der Waals surface area contributed by atoms with E-state index in [-0.39, 0.29) is 10.5 Å². The molecule has 1 aromatic rings. The summed E-state index contributed by atoms with van der Waals surface area (Å²) < 4.78 is 48.7. The third kappa shape index (κ3) is 1.88. The predicted molar refractivity (Wildman–Crippen MR) is 51.6 cm³/mol. The van der Waals surface area contributed by atoms with Crippen molar-refractivity contribution in [2.24, 2.45) is 0 Å². The topological polar surface area (TPSA) is 34.1 Å². The highest BCUT2D eigenvalue weighted by Crippen LogP contribution is 2.37. The van der Waals surface area contributed by atoms with Crippen LogP contribution in [0, 0.1) is 0 Å². The van der Waals surface area contributed by atoms with Crippen LogP contribution in [0.1, 0.15) is 24.8 Å². The Labute approximate surface area is 86.8 Å². The SMILES string of the molecule is O=S(=O)(c1ccccc1C(F)F)C1CC1. The van der Waals surface area contributed by atoms with Gasteiger partial charge in [0.15, 0.2) is 9.84 Å². The zero-order chi connectivity index (χ0) is 11.1. The average Bonchev–Trinajstić information content (AvgIpc) is 3.01. The van der Waals surface area contributed by atoms with E-state index in [9.17, 15) is 17.2 Å². The van der Waals surface area contributed by atoms with Gasteiger partial charge in [0.2, 0.25) is 0 Å². The molecule has 1 aromatic carbocycles. The first-order valence-electron chi connectivity index (χ1n) is 4.64. The Morgan fingerprint density at radius 3 is 2.33 bits per heavy atom. The van der Waals surface area contributed by atoms with Crippen LogP contribution < -0.4 is 0 Å². The Balaban J connectivity index is 2.52. The van der Waals surface area contributed by atoms with Gasteiger partial charge in [-0.05, 0) is 18.9 Å².